The lowest BCUT2D eigenvalue weighted by molar-refractivity contribution is -0.117. The minimum Gasteiger partial charge on any atom is -0.383 e. The van der Waals surface area contributed by atoms with Crippen LogP contribution in [-0.4, -0.2) is 41.9 Å². The molecule has 18 heavy (non-hydrogen) atoms. The van der Waals surface area contributed by atoms with E-state index in [0.717, 1.165) is 4.68 Å². The summed E-state index contributed by atoms with van der Waals surface area (Å²) in [7, 11) is 1.49. The molecule has 1 rings (SSSR count). The number of nitrogens with one attached hydrogen (secondary N) is 1. The first-order valence-electron chi connectivity index (χ1n) is 5.18. The smallest absolute Gasteiger partial charge is 0.272 e. The molecule has 0 aliphatic heterocycles. The molecule has 2 amide bonds. The van der Waals surface area contributed by atoms with Gasteiger partial charge in [0, 0.05) is 13.2 Å². The Morgan fingerprint density at radius 1 is 1.50 bits per heavy atom. The van der Waals surface area contributed by atoms with Gasteiger partial charge in [-0.3, -0.25) is 14.4 Å². The van der Waals surface area contributed by atoms with Crippen molar-refractivity contribution in [3.8, 4) is 0 Å². The Hall–Kier alpha value is -2.22. The fourth-order valence-electron chi connectivity index (χ4n) is 1.17. The molecule has 0 radical (unpaired) electrons. The first kappa shape index (κ1) is 13.8. The van der Waals surface area contributed by atoms with Crippen molar-refractivity contribution in [3.05, 3.63) is 28.2 Å². The summed E-state index contributed by atoms with van der Waals surface area (Å²) in [5.74, 6) is -1.23. The number of rotatable bonds is 6. The number of nitrogens with zero attached hydrogens (tertiary/aromatic N) is 2. The Morgan fingerprint density at radius 2 is 2.22 bits per heavy atom. The van der Waals surface area contributed by atoms with Crippen molar-refractivity contribution in [1.82, 2.24) is 15.1 Å². The number of hydrogen-bond donors (Lipinski definition) is 2. The predicted octanol–water partition coefficient (Wildman–Crippen LogP) is -1.90. The summed E-state index contributed by atoms with van der Waals surface area (Å²) in [6.45, 7) is 0.267. The largest absolute Gasteiger partial charge is 0.383 e. The Bertz CT molecular complexity index is 497. The lowest BCUT2D eigenvalue weighted by Crippen LogP contribution is -2.35. The van der Waals surface area contributed by atoms with Crippen LogP contribution in [-0.2, 0) is 16.1 Å². The molecule has 8 nitrogen and oxygen atoms in total. The van der Waals surface area contributed by atoms with E-state index in [4.69, 9.17) is 10.5 Å². The van der Waals surface area contributed by atoms with Crippen molar-refractivity contribution in [2.45, 2.75) is 6.54 Å². The molecule has 1 heterocycles. The summed E-state index contributed by atoms with van der Waals surface area (Å²) in [6, 6.07) is 2.50. The topological polar surface area (TPSA) is 116 Å². The third-order valence-corrected chi connectivity index (χ3v) is 2.03. The Kier molecular flexibility index (Phi) is 5.00. The summed E-state index contributed by atoms with van der Waals surface area (Å²) in [4.78, 5) is 33.5. The first-order valence-corrected chi connectivity index (χ1v) is 5.18. The molecule has 1 aromatic rings. The highest BCUT2D eigenvalue weighted by atomic mass is 16.5. The number of aromatic nitrogens is 2. The molecule has 0 unspecified atom stereocenters. The summed E-state index contributed by atoms with van der Waals surface area (Å²) in [5.41, 5.74) is 4.59. The minimum atomic E-state index is -0.656. The summed E-state index contributed by atoms with van der Waals surface area (Å²) in [5, 5.41) is 6.13. The number of carbonyl (C=O) groups excluding carboxylic acids is 2. The lowest BCUT2D eigenvalue weighted by Gasteiger charge is -2.06. The molecule has 3 N–H and O–H groups in total. The van der Waals surface area contributed by atoms with Crippen LogP contribution in [0.15, 0.2) is 16.9 Å². The second-order valence-corrected chi connectivity index (χ2v) is 3.42. The minimum absolute atomic E-state index is 0.0342. The van der Waals surface area contributed by atoms with Crippen LogP contribution in [0.2, 0.25) is 0 Å². The summed E-state index contributed by atoms with van der Waals surface area (Å²) < 4.78 is 5.93. The number of amides is 2. The number of methoxy groups -OCH3 is 1. The van der Waals surface area contributed by atoms with Crippen LogP contribution in [0.5, 0.6) is 0 Å². The van der Waals surface area contributed by atoms with E-state index in [1.165, 1.54) is 19.2 Å². The molecular weight excluding hydrogens is 240 g/mol. The zero-order chi connectivity index (χ0) is 13.5. The van der Waals surface area contributed by atoms with Crippen molar-refractivity contribution < 1.29 is 14.3 Å². The Labute approximate surface area is 103 Å². The molecule has 0 spiro atoms. The highest BCUT2D eigenvalue weighted by Gasteiger charge is 2.09. The highest BCUT2D eigenvalue weighted by Crippen LogP contribution is 1.90. The van der Waals surface area contributed by atoms with Crippen molar-refractivity contribution >= 4 is 11.8 Å². The van der Waals surface area contributed by atoms with Crippen LogP contribution < -0.4 is 16.6 Å². The van der Waals surface area contributed by atoms with E-state index < -0.39 is 11.8 Å². The van der Waals surface area contributed by atoms with Crippen LogP contribution in [0.1, 0.15) is 10.5 Å². The summed E-state index contributed by atoms with van der Waals surface area (Å²) in [6.07, 6.45) is 0. The van der Waals surface area contributed by atoms with Crippen LogP contribution in [0.25, 0.3) is 0 Å². The van der Waals surface area contributed by atoms with Gasteiger partial charge in [-0.1, -0.05) is 0 Å². The molecule has 0 aromatic carbocycles. The number of hydrogen-bond acceptors (Lipinski definition) is 5. The van der Waals surface area contributed by atoms with Crippen molar-refractivity contribution in [2.75, 3.05) is 20.3 Å². The van der Waals surface area contributed by atoms with Crippen molar-refractivity contribution in [1.29, 1.82) is 0 Å². The van der Waals surface area contributed by atoms with Gasteiger partial charge in [0.25, 0.3) is 11.5 Å². The number of ether oxygens (including phenoxy) is 1. The number of primary amides is 1. The Balaban J connectivity index is 2.80. The zero-order valence-corrected chi connectivity index (χ0v) is 9.88. The molecule has 1 aromatic heterocycles. The second-order valence-electron chi connectivity index (χ2n) is 3.42. The summed E-state index contributed by atoms with van der Waals surface area (Å²) >= 11 is 0. The maximum atomic E-state index is 11.6. The third kappa shape index (κ3) is 3.98. The quantitative estimate of drug-likeness (QED) is 0.615. The average Bonchev–Trinajstić information content (AvgIpc) is 2.35. The van der Waals surface area contributed by atoms with Gasteiger partial charge in [-0.25, -0.2) is 4.68 Å². The molecule has 0 saturated carbocycles. The molecule has 0 aliphatic rings. The second kappa shape index (κ2) is 6.50. The fourth-order valence-corrected chi connectivity index (χ4v) is 1.17. The van der Waals surface area contributed by atoms with Gasteiger partial charge >= 0.3 is 0 Å². The average molecular weight is 254 g/mol. The zero-order valence-electron chi connectivity index (χ0n) is 9.88. The van der Waals surface area contributed by atoms with Gasteiger partial charge in [-0.2, -0.15) is 5.10 Å². The van der Waals surface area contributed by atoms with Gasteiger partial charge in [0.2, 0.25) is 5.91 Å². The van der Waals surface area contributed by atoms with E-state index in [1.807, 2.05) is 0 Å². The van der Waals surface area contributed by atoms with E-state index in [9.17, 15) is 14.4 Å². The van der Waals surface area contributed by atoms with E-state index in [-0.39, 0.29) is 24.3 Å². The number of nitrogens with two attached hydrogens (primary N) is 1. The lowest BCUT2D eigenvalue weighted by atomic mass is 10.3. The van der Waals surface area contributed by atoms with Gasteiger partial charge in [0.1, 0.15) is 5.69 Å². The molecule has 0 bridgehead atoms. The molecular formula is C10H14N4O4. The van der Waals surface area contributed by atoms with Crippen LogP contribution in [0.3, 0.4) is 0 Å². The van der Waals surface area contributed by atoms with Crippen LogP contribution >= 0.6 is 0 Å². The van der Waals surface area contributed by atoms with Crippen molar-refractivity contribution in [2.24, 2.45) is 5.73 Å². The van der Waals surface area contributed by atoms with Crippen LogP contribution in [0.4, 0.5) is 0 Å². The molecule has 0 atom stereocenters. The first-order chi connectivity index (χ1) is 8.54. The molecule has 0 saturated heterocycles. The molecule has 0 fully saturated rings. The predicted molar refractivity (Wildman–Crippen MR) is 61.9 cm³/mol. The van der Waals surface area contributed by atoms with E-state index in [1.54, 1.807) is 0 Å². The fraction of sp³-hybridized carbons (Fsp3) is 0.400. The normalized spacial score (nSPS) is 10.1. The van der Waals surface area contributed by atoms with Crippen molar-refractivity contribution in [3.63, 3.8) is 0 Å². The van der Waals surface area contributed by atoms with Crippen LogP contribution in [0, 0.1) is 0 Å². The third-order valence-electron chi connectivity index (χ3n) is 2.03. The van der Waals surface area contributed by atoms with Gasteiger partial charge in [-0.05, 0) is 6.07 Å². The SMILES string of the molecule is COCCn1nc(C(=O)NCC(N)=O)ccc1=O. The molecule has 98 valence electrons. The van der Waals surface area contributed by atoms with E-state index in [0.29, 0.717) is 6.61 Å². The maximum absolute atomic E-state index is 11.6. The highest BCUT2D eigenvalue weighted by molar-refractivity contribution is 5.94. The Morgan fingerprint density at radius 3 is 2.83 bits per heavy atom. The van der Waals surface area contributed by atoms with Gasteiger partial charge in [-0.15, -0.1) is 0 Å². The molecule has 8 heteroatoms. The molecule has 0 aliphatic carbocycles. The van der Waals surface area contributed by atoms with Gasteiger partial charge in [0.15, 0.2) is 0 Å². The van der Waals surface area contributed by atoms with Gasteiger partial charge < -0.3 is 15.8 Å². The maximum Gasteiger partial charge on any atom is 0.272 e. The standard InChI is InChI=1S/C10H14N4O4/c1-18-5-4-14-9(16)3-2-7(13-14)10(17)12-6-8(11)15/h2-3H,4-6H2,1H3,(H2,11,15)(H,12,17). The van der Waals surface area contributed by atoms with Gasteiger partial charge in [0.05, 0.1) is 19.7 Å². The van der Waals surface area contributed by atoms with E-state index >= 15 is 0 Å². The number of carbonyl (C=O) groups is 2. The monoisotopic (exact) mass is 254 g/mol. The van der Waals surface area contributed by atoms with E-state index in [2.05, 4.69) is 10.4 Å².